The summed E-state index contributed by atoms with van der Waals surface area (Å²) in [5, 5.41) is 5.71. The summed E-state index contributed by atoms with van der Waals surface area (Å²) >= 11 is 0. The van der Waals surface area contributed by atoms with Crippen LogP contribution in [0.3, 0.4) is 0 Å². The third-order valence-electron chi connectivity index (χ3n) is 4.73. The fraction of sp³-hybridized carbons (Fsp3) is 0.450. The van der Waals surface area contributed by atoms with Crippen molar-refractivity contribution in [3.63, 3.8) is 0 Å². The Kier molecular flexibility index (Phi) is 7.53. The standard InChI is InChI=1S/C20H26N2O2.ClH/c1-2-21-14-16-9-11-22(12-10-16)20(23)15-24-19-8-7-17-5-3-4-6-18(17)13-19;/h3-8,13,16,21H,2,9-12,14-15H2,1H3;1H. The maximum absolute atomic E-state index is 12.3. The molecule has 0 bridgehead atoms. The SMILES string of the molecule is CCNCC1CCN(C(=O)COc2ccc3ccccc3c2)CC1.Cl. The number of nitrogens with zero attached hydrogens (tertiary/aromatic N) is 1. The van der Waals surface area contributed by atoms with Crippen LogP contribution in [0, 0.1) is 5.92 Å². The van der Waals surface area contributed by atoms with Crippen LogP contribution in [0.15, 0.2) is 42.5 Å². The first-order valence-electron chi connectivity index (χ1n) is 8.86. The number of nitrogens with one attached hydrogen (secondary N) is 1. The van der Waals surface area contributed by atoms with Crippen LogP contribution in [0.4, 0.5) is 0 Å². The van der Waals surface area contributed by atoms with Crippen molar-refractivity contribution < 1.29 is 9.53 Å². The van der Waals surface area contributed by atoms with Crippen molar-refractivity contribution in [2.45, 2.75) is 19.8 Å². The number of likely N-dealkylation sites (tertiary alicyclic amines) is 1. The van der Waals surface area contributed by atoms with E-state index in [0.717, 1.165) is 50.2 Å². The highest BCUT2D eigenvalue weighted by Gasteiger charge is 2.22. The van der Waals surface area contributed by atoms with Crippen LogP contribution in [0.5, 0.6) is 5.75 Å². The van der Waals surface area contributed by atoms with Crippen molar-refractivity contribution in [3.05, 3.63) is 42.5 Å². The number of piperidine rings is 1. The quantitative estimate of drug-likeness (QED) is 0.855. The molecule has 2 aromatic carbocycles. The highest BCUT2D eigenvalue weighted by Crippen LogP contribution is 2.21. The van der Waals surface area contributed by atoms with E-state index in [1.54, 1.807) is 0 Å². The lowest BCUT2D eigenvalue weighted by Crippen LogP contribution is -2.42. The number of carbonyl (C=O) groups excluding carboxylic acids is 1. The van der Waals surface area contributed by atoms with Crippen molar-refractivity contribution in [3.8, 4) is 5.75 Å². The van der Waals surface area contributed by atoms with Crippen LogP contribution < -0.4 is 10.1 Å². The summed E-state index contributed by atoms with van der Waals surface area (Å²) in [6, 6.07) is 14.1. The number of ether oxygens (including phenoxy) is 1. The van der Waals surface area contributed by atoms with E-state index in [-0.39, 0.29) is 24.9 Å². The van der Waals surface area contributed by atoms with Crippen LogP contribution in [0.2, 0.25) is 0 Å². The molecule has 25 heavy (non-hydrogen) atoms. The van der Waals surface area contributed by atoms with E-state index in [1.807, 2.05) is 35.2 Å². The predicted octanol–water partition coefficient (Wildman–Crippen LogP) is 3.49. The smallest absolute Gasteiger partial charge is 0.260 e. The van der Waals surface area contributed by atoms with E-state index >= 15 is 0 Å². The molecule has 1 N–H and O–H groups in total. The number of rotatable bonds is 6. The highest BCUT2D eigenvalue weighted by atomic mass is 35.5. The van der Waals surface area contributed by atoms with Crippen molar-refractivity contribution in [1.29, 1.82) is 0 Å². The number of hydrogen-bond donors (Lipinski definition) is 1. The lowest BCUT2D eigenvalue weighted by Gasteiger charge is -2.32. The molecule has 4 nitrogen and oxygen atoms in total. The van der Waals surface area contributed by atoms with E-state index in [2.05, 4.69) is 24.4 Å². The van der Waals surface area contributed by atoms with E-state index < -0.39 is 0 Å². The Bertz CT molecular complexity index is 684. The van der Waals surface area contributed by atoms with Gasteiger partial charge in [-0.25, -0.2) is 0 Å². The van der Waals surface area contributed by atoms with Gasteiger partial charge in [0.15, 0.2) is 6.61 Å². The van der Waals surface area contributed by atoms with Crippen molar-refractivity contribution >= 4 is 29.1 Å². The van der Waals surface area contributed by atoms with Gasteiger partial charge < -0.3 is 15.0 Å². The molecule has 5 heteroatoms. The van der Waals surface area contributed by atoms with Crippen LogP contribution in [-0.2, 0) is 4.79 Å². The van der Waals surface area contributed by atoms with Gasteiger partial charge >= 0.3 is 0 Å². The van der Waals surface area contributed by atoms with Gasteiger partial charge in [0.2, 0.25) is 0 Å². The third-order valence-corrected chi connectivity index (χ3v) is 4.73. The minimum atomic E-state index is 0. The molecule has 0 aliphatic carbocycles. The monoisotopic (exact) mass is 362 g/mol. The molecule has 0 saturated carbocycles. The summed E-state index contributed by atoms with van der Waals surface area (Å²) in [5.74, 6) is 1.53. The Balaban J connectivity index is 0.00000225. The summed E-state index contributed by atoms with van der Waals surface area (Å²) in [7, 11) is 0. The topological polar surface area (TPSA) is 41.6 Å². The van der Waals surface area contributed by atoms with Gasteiger partial charge in [0.1, 0.15) is 5.75 Å². The lowest BCUT2D eigenvalue weighted by atomic mass is 9.97. The fourth-order valence-electron chi connectivity index (χ4n) is 3.23. The van der Waals surface area contributed by atoms with Crippen molar-refractivity contribution in [2.75, 3.05) is 32.8 Å². The minimum absolute atomic E-state index is 0. The number of amides is 1. The number of carbonyl (C=O) groups is 1. The average molecular weight is 363 g/mol. The molecule has 1 amide bonds. The van der Waals surface area contributed by atoms with Gasteiger partial charge in [0.25, 0.3) is 5.91 Å². The molecule has 3 rings (SSSR count). The molecule has 0 radical (unpaired) electrons. The second-order valence-electron chi connectivity index (χ2n) is 6.43. The Labute approximate surface area is 155 Å². The molecular weight excluding hydrogens is 336 g/mol. The maximum Gasteiger partial charge on any atom is 0.260 e. The number of halogens is 1. The van der Waals surface area contributed by atoms with Gasteiger partial charge in [-0.3, -0.25) is 4.79 Å². The van der Waals surface area contributed by atoms with Crippen molar-refractivity contribution in [2.24, 2.45) is 5.92 Å². The van der Waals surface area contributed by atoms with Gasteiger partial charge in [-0.1, -0.05) is 37.3 Å². The largest absolute Gasteiger partial charge is 0.484 e. The fourth-order valence-corrected chi connectivity index (χ4v) is 3.23. The van der Waals surface area contributed by atoms with Crippen LogP contribution in [0.1, 0.15) is 19.8 Å². The van der Waals surface area contributed by atoms with Crippen molar-refractivity contribution in [1.82, 2.24) is 10.2 Å². The molecule has 136 valence electrons. The summed E-state index contributed by atoms with van der Waals surface area (Å²) < 4.78 is 5.72. The lowest BCUT2D eigenvalue weighted by molar-refractivity contribution is -0.134. The zero-order valence-electron chi connectivity index (χ0n) is 14.7. The molecule has 1 aliphatic rings. The molecule has 1 fully saturated rings. The predicted molar refractivity (Wildman–Crippen MR) is 105 cm³/mol. The number of fused-ring (bicyclic) bond motifs is 1. The molecule has 0 unspecified atom stereocenters. The van der Waals surface area contributed by atoms with E-state index in [9.17, 15) is 4.79 Å². The second kappa shape index (κ2) is 9.64. The van der Waals surface area contributed by atoms with Crippen LogP contribution in [-0.4, -0.2) is 43.6 Å². The van der Waals surface area contributed by atoms with Crippen LogP contribution >= 0.6 is 12.4 Å². The normalized spacial score (nSPS) is 15.0. The molecule has 1 heterocycles. The summed E-state index contributed by atoms with van der Waals surface area (Å²) in [4.78, 5) is 14.3. The molecule has 0 aromatic heterocycles. The Hall–Kier alpha value is -1.78. The first-order valence-corrected chi connectivity index (χ1v) is 8.86. The van der Waals surface area contributed by atoms with Gasteiger partial charge in [-0.2, -0.15) is 0 Å². The summed E-state index contributed by atoms with van der Waals surface area (Å²) in [6.07, 6.45) is 2.16. The van der Waals surface area contributed by atoms with Gasteiger partial charge in [-0.15, -0.1) is 12.4 Å². The highest BCUT2D eigenvalue weighted by molar-refractivity contribution is 5.85. The number of hydrogen-bond acceptors (Lipinski definition) is 3. The van der Waals surface area contributed by atoms with E-state index in [1.165, 1.54) is 5.39 Å². The molecular formula is C20H27ClN2O2. The van der Waals surface area contributed by atoms with Gasteiger partial charge in [-0.05, 0) is 54.8 Å². The molecule has 2 aromatic rings. The van der Waals surface area contributed by atoms with E-state index in [4.69, 9.17) is 4.74 Å². The third kappa shape index (κ3) is 5.35. The van der Waals surface area contributed by atoms with Crippen LogP contribution in [0.25, 0.3) is 10.8 Å². The average Bonchev–Trinajstić information content (AvgIpc) is 2.64. The zero-order chi connectivity index (χ0) is 16.8. The van der Waals surface area contributed by atoms with E-state index in [0.29, 0.717) is 5.92 Å². The molecule has 0 atom stereocenters. The molecule has 1 aliphatic heterocycles. The maximum atomic E-state index is 12.3. The Morgan fingerprint density at radius 2 is 1.88 bits per heavy atom. The Morgan fingerprint density at radius 3 is 2.60 bits per heavy atom. The first kappa shape index (κ1) is 19.5. The minimum Gasteiger partial charge on any atom is -0.484 e. The van der Waals surface area contributed by atoms with Gasteiger partial charge in [0.05, 0.1) is 0 Å². The Morgan fingerprint density at radius 1 is 1.16 bits per heavy atom. The summed E-state index contributed by atoms with van der Waals surface area (Å²) in [6.45, 7) is 6.01. The number of benzene rings is 2. The summed E-state index contributed by atoms with van der Waals surface area (Å²) in [5.41, 5.74) is 0. The first-order chi connectivity index (χ1) is 11.8. The zero-order valence-corrected chi connectivity index (χ0v) is 15.6. The molecule has 0 spiro atoms. The van der Waals surface area contributed by atoms with Gasteiger partial charge in [0, 0.05) is 13.1 Å². The molecule has 1 saturated heterocycles. The second-order valence-corrected chi connectivity index (χ2v) is 6.43.